The molecule has 4 rings (SSSR count). The molecule has 11 heteroatoms. The van der Waals surface area contributed by atoms with Crippen molar-refractivity contribution in [3.05, 3.63) is 95.5 Å². The number of hydrogen-bond acceptors (Lipinski definition) is 8. The largest absolute Gasteiger partial charge is 0.503 e. The third-order valence-electron chi connectivity index (χ3n) is 5.06. The molecular formula is C25H21F3N6O2. The summed E-state index contributed by atoms with van der Waals surface area (Å²) in [6, 6.07) is 11.5. The molecule has 0 saturated carbocycles. The van der Waals surface area contributed by atoms with Gasteiger partial charge in [0.25, 0.3) is 0 Å². The zero-order chi connectivity index (χ0) is 25.7. The molecule has 0 aliphatic heterocycles. The van der Waals surface area contributed by atoms with Crippen LogP contribution in [0.3, 0.4) is 0 Å². The van der Waals surface area contributed by atoms with Crippen LogP contribution in [0.5, 0.6) is 11.5 Å². The van der Waals surface area contributed by atoms with Crippen LogP contribution in [0.4, 0.5) is 30.4 Å². The quantitative estimate of drug-likeness (QED) is 0.188. The third-order valence-corrected chi connectivity index (χ3v) is 5.06. The van der Waals surface area contributed by atoms with Gasteiger partial charge in [0.05, 0.1) is 12.8 Å². The topological polar surface area (TPSA) is 116 Å². The minimum atomic E-state index is -0.761. The molecule has 0 fully saturated rings. The maximum atomic E-state index is 14.5. The van der Waals surface area contributed by atoms with Gasteiger partial charge < -0.3 is 20.5 Å². The lowest BCUT2D eigenvalue weighted by molar-refractivity contribution is 0.335. The minimum absolute atomic E-state index is 0.0423. The van der Waals surface area contributed by atoms with E-state index in [4.69, 9.17) is 10.1 Å². The van der Waals surface area contributed by atoms with Gasteiger partial charge in [-0.25, -0.2) is 23.7 Å². The number of anilines is 3. The molecule has 0 atom stereocenters. The number of ether oxygens (including phenoxy) is 1. The van der Waals surface area contributed by atoms with Crippen LogP contribution in [0.25, 0.3) is 0 Å². The van der Waals surface area contributed by atoms with Crippen LogP contribution in [-0.4, -0.2) is 32.4 Å². The summed E-state index contributed by atoms with van der Waals surface area (Å²) in [6.45, 7) is 1.81. The zero-order valence-corrected chi connectivity index (χ0v) is 19.0. The Morgan fingerprint density at radius 3 is 2.53 bits per heavy atom. The number of aromatic hydroxyl groups is 1. The summed E-state index contributed by atoms with van der Waals surface area (Å²) in [5, 5.41) is 24.5. The molecule has 0 saturated heterocycles. The Kier molecular flexibility index (Phi) is 7.28. The van der Waals surface area contributed by atoms with Crippen molar-refractivity contribution in [1.29, 1.82) is 5.41 Å². The fraction of sp³-hybridized carbons (Fsp3) is 0.120. The monoisotopic (exact) mass is 494 g/mol. The van der Waals surface area contributed by atoms with Crippen LogP contribution in [0.15, 0.2) is 60.9 Å². The maximum absolute atomic E-state index is 14.5. The number of pyridine rings is 1. The molecule has 2 aromatic heterocycles. The predicted octanol–water partition coefficient (Wildman–Crippen LogP) is 5.17. The van der Waals surface area contributed by atoms with Gasteiger partial charge in [-0.05, 0) is 19.1 Å². The van der Waals surface area contributed by atoms with Crippen molar-refractivity contribution in [2.24, 2.45) is 0 Å². The first kappa shape index (κ1) is 24.5. The number of aromatic nitrogens is 3. The molecule has 0 unspecified atom stereocenters. The number of nitrogens with zero attached hydrogens (tertiary/aromatic N) is 3. The van der Waals surface area contributed by atoms with E-state index < -0.39 is 17.6 Å². The number of nitrogens with one attached hydrogen (secondary N) is 3. The second kappa shape index (κ2) is 10.7. The van der Waals surface area contributed by atoms with Crippen LogP contribution in [0.2, 0.25) is 0 Å². The van der Waals surface area contributed by atoms with E-state index in [-0.39, 0.29) is 53.3 Å². The standard InChI is InChI=1S/C25H21F3N6O2/c1-2-36-15-10-18(26)17(19(27)11-15)12-31-20-6-4-3-5-16(20)23(29)25-32-13-21(35)24(34-25)33-14-7-8-30-22(28)9-14/h3-11,13,29,31,35H,2,12H2,1H3,(H,30,32,33,34). The number of benzene rings is 2. The lowest BCUT2D eigenvalue weighted by Gasteiger charge is -2.15. The van der Waals surface area contributed by atoms with Crippen molar-refractivity contribution in [2.75, 3.05) is 17.2 Å². The summed E-state index contributed by atoms with van der Waals surface area (Å²) >= 11 is 0. The maximum Gasteiger partial charge on any atom is 0.214 e. The number of hydrogen-bond donors (Lipinski definition) is 4. The Balaban J connectivity index is 1.57. The molecule has 2 aromatic carbocycles. The third kappa shape index (κ3) is 5.52. The second-order valence-electron chi connectivity index (χ2n) is 7.49. The summed E-state index contributed by atoms with van der Waals surface area (Å²) in [5.41, 5.74) is 0.760. The van der Waals surface area contributed by atoms with E-state index in [2.05, 4.69) is 25.6 Å². The molecule has 0 radical (unpaired) electrons. The lowest BCUT2D eigenvalue weighted by atomic mass is 10.1. The number of rotatable bonds is 9. The number of para-hydroxylation sites is 1. The summed E-state index contributed by atoms with van der Waals surface area (Å²) in [5.74, 6) is -2.54. The highest BCUT2D eigenvalue weighted by atomic mass is 19.1. The van der Waals surface area contributed by atoms with Crippen molar-refractivity contribution in [3.8, 4) is 11.5 Å². The predicted molar refractivity (Wildman–Crippen MR) is 128 cm³/mol. The Hall–Kier alpha value is -4.67. The van der Waals surface area contributed by atoms with Crippen LogP contribution in [0, 0.1) is 23.0 Å². The highest BCUT2D eigenvalue weighted by molar-refractivity contribution is 6.12. The summed E-state index contributed by atoms with van der Waals surface area (Å²) in [7, 11) is 0. The van der Waals surface area contributed by atoms with E-state index >= 15 is 0 Å². The van der Waals surface area contributed by atoms with Crippen LogP contribution >= 0.6 is 0 Å². The van der Waals surface area contributed by atoms with Crippen molar-refractivity contribution in [3.63, 3.8) is 0 Å². The zero-order valence-electron chi connectivity index (χ0n) is 19.0. The van der Waals surface area contributed by atoms with Crippen LogP contribution < -0.4 is 15.4 Å². The molecule has 4 aromatic rings. The van der Waals surface area contributed by atoms with Gasteiger partial charge in [-0.2, -0.15) is 4.39 Å². The average molecular weight is 494 g/mol. The average Bonchev–Trinajstić information content (AvgIpc) is 2.85. The Labute approximate surface area is 204 Å². The first-order chi connectivity index (χ1) is 17.4. The number of halogens is 3. The van der Waals surface area contributed by atoms with E-state index in [0.717, 1.165) is 24.4 Å². The van der Waals surface area contributed by atoms with Crippen LogP contribution in [-0.2, 0) is 6.54 Å². The van der Waals surface area contributed by atoms with E-state index in [1.54, 1.807) is 31.2 Å². The van der Waals surface area contributed by atoms with Crippen molar-refractivity contribution in [2.45, 2.75) is 13.5 Å². The smallest absolute Gasteiger partial charge is 0.214 e. The summed E-state index contributed by atoms with van der Waals surface area (Å²) in [4.78, 5) is 11.7. The molecule has 0 aliphatic carbocycles. The molecule has 0 bridgehead atoms. The van der Waals surface area contributed by atoms with Gasteiger partial charge in [-0.15, -0.1) is 0 Å². The second-order valence-corrected chi connectivity index (χ2v) is 7.49. The van der Waals surface area contributed by atoms with Crippen LogP contribution in [0.1, 0.15) is 23.9 Å². The molecular weight excluding hydrogens is 473 g/mol. The molecule has 0 amide bonds. The van der Waals surface area contributed by atoms with E-state index in [1.165, 1.54) is 12.3 Å². The molecule has 0 aliphatic rings. The Morgan fingerprint density at radius 1 is 1.06 bits per heavy atom. The normalized spacial score (nSPS) is 10.7. The molecule has 2 heterocycles. The first-order valence-electron chi connectivity index (χ1n) is 10.8. The van der Waals surface area contributed by atoms with Gasteiger partial charge in [-0.1, -0.05) is 18.2 Å². The minimum Gasteiger partial charge on any atom is -0.503 e. The summed E-state index contributed by atoms with van der Waals surface area (Å²) in [6.07, 6.45) is 2.36. The Morgan fingerprint density at radius 2 is 1.81 bits per heavy atom. The van der Waals surface area contributed by atoms with E-state index in [1.807, 2.05) is 0 Å². The molecule has 36 heavy (non-hydrogen) atoms. The van der Waals surface area contributed by atoms with Gasteiger partial charge in [0.15, 0.2) is 17.4 Å². The van der Waals surface area contributed by atoms with Crippen molar-refractivity contribution < 1.29 is 23.0 Å². The van der Waals surface area contributed by atoms with E-state index in [9.17, 15) is 18.3 Å². The highest BCUT2D eigenvalue weighted by Crippen LogP contribution is 2.26. The molecule has 8 nitrogen and oxygen atoms in total. The first-order valence-corrected chi connectivity index (χ1v) is 10.8. The van der Waals surface area contributed by atoms with Gasteiger partial charge in [0.1, 0.15) is 23.1 Å². The SMILES string of the molecule is CCOc1cc(F)c(CNc2ccccc2C(=N)c2ncc(O)c(Nc3ccnc(F)c3)n2)c(F)c1. The fourth-order valence-electron chi connectivity index (χ4n) is 3.36. The highest BCUT2D eigenvalue weighted by Gasteiger charge is 2.17. The lowest BCUT2D eigenvalue weighted by Crippen LogP contribution is -2.13. The fourth-order valence-corrected chi connectivity index (χ4v) is 3.36. The molecule has 184 valence electrons. The van der Waals surface area contributed by atoms with Crippen molar-refractivity contribution >= 4 is 22.9 Å². The van der Waals surface area contributed by atoms with Crippen molar-refractivity contribution in [1.82, 2.24) is 15.0 Å². The van der Waals surface area contributed by atoms with Gasteiger partial charge in [0.2, 0.25) is 5.95 Å². The molecule has 0 spiro atoms. The summed E-state index contributed by atoms with van der Waals surface area (Å²) < 4.78 is 47.5. The Bertz CT molecular complexity index is 1390. The van der Waals surface area contributed by atoms with Gasteiger partial charge in [-0.3, -0.25) is 5.41 Å². The van der Waals surface area contributed by atoms with Gasteiger partial charge in [0, 0.05) is 53.4 Å². The van der Waals surface area contributed by atoms with Gasteiger partial charge >= 0.3 is 0 Å². The van der Waals surface area contributed by atoms with E-state index in [0.29, 0.717) is 11.3 Å². The molecule has 4 N–H and O–H groups in total.